The molecule has 1 atom stereocenters. The summed E-state index contributed by atoms with van der Waals surface area (Å²) in [5.74, 6) is 0.153. The van der Waals surface area contributed by atoms with Gasteiger partial charge in [-0.25, -0.2) is 4.98 Å². The van der Waals surface area contributed by atoms with Crippen molar-refractivity contribution in [3.05, 3.63) is 65.1 Å². The Bertz CT molecular complexity index is 1260. The second kappa shape index (κ2) is 8.70. The fourth-order valence-corrected chi connectivity index (χ4v) is 5.08. The molecule has 164 valence electrons. The second-order valence-electron chi connectivity index (χ2n) is 8.24. The predicted molar refractivity (Wildman–Crippen MR) is 127 cm³/mol. The Balaban J connectivity index is 1.31. The molecule has 32 heavy (non-hydrogen) atoms. The van der Waals surface area contributed by atoms with Gasteiger partial charge >= 0.3 is 0 Å². The highest BCUT2D eigenvalue weighted by Gasteiger charge is 2.31. The van der Waals surface area contributed by atoms with Crippen LogP contribution in [0.2, 0.25) is 0 Å². The van der Waals surface area contributed by atoms with Crippen molar-refractivity contribution in [1.82, 2.24) is 24.6 Å². The predicted octanol–water partition coefficient (Wildman–Crippen LogP) is 5.00. The molecule has 1 unspecified atom stereocenters. The molecule has 7 nitrogen and oxygen atoms in total. The van der Waals surface area contributed by atoms with Crippen LogP contribution >= 0.6 is 11.3 Å². The summed E-state index contributed by atoms with van der Waals surface area (Å²) in [6.45, 7) is 5.38. The van der Waals surface area contributed by atoms with Crippen molar-refractivity contribution in [3.8, 4) is 0 Å². The highest BCUT2D eigenvalue weighted by Crippen LogP contribution is 2.33. The number of rotatable bonds is 6. The zero-order valence-corrected chi connectivity index (χ0v) is 19.1. The molecule has 1 aliphatic heterocycles. The molecule has 1 N–H and O–H groups in total. The topological polar surface area (TPSA) is 75.9 Å². The quantitative estimate of drug-likeness (QED) is 0.451. The minimum absolute atomic E-state index is 0.00958. The second-order valence-corrected chi connectivity index (χ2v) is 9.48. The Kier molecular flexibility index (Phi) is 5.61. The standard InChI is InChI=1S/C24H26N6OS/c1-16-12-19(28-24-25-14-17(2)32-24)13-20(27-16)22-8-5-10-29(22)23(31)9-11-30-21-7-4-3-6-18(21)15-26-30/h3-4,6-7,12-15,22H,5,8-11H2,1-2H3,(H,25,27,28). The number of likely N-dealkylation sites (tertiary alicyclic amines) is 1. The van der Waals surface area contributed by atoms with Gasteiger partial charge in [0.25, 0.3) is 0 Å². The van der Waals surface area contributed by atoms with E-state index in [1.54, 1.807) is 11.3 Å². The lowest BCUT2D eigenvalue weighted by Gasteiger charge is -2.25. The number of hydrogen-bond acceptors (Lipinski definition) is 6. The van der Waals surface area contributed by atoms with Gasteiger partial charge in [0.1, 0.15) is 0 Å². The van der Waals surface area contributed by atoms with Gasteiger partial charge in [0.2, 0.25) is 5.91 Å². The lowest BCUT2D eigenvalue weighted by Crippen LogP contribution is -2.31. The third-order valence-electron chi connectivity index (χ3n) is 5.85. The Labute approximate surface area is 191 Å². The molecular formula is C24H26N6OS. The van der Waals surface area contributed by atoms with Crippen LogP contribution in [-0.4, -0.2) is 37.1 Å². The van der Waals surface area contributed by atoms with Crippen LogP contribution in [0.4, 0.5) is 10.8 Å². The number of thiazole rings is 1. The van der Waals surface area contributed by atoms with Gasteiger partial charge in [-0.15, -0.1) is 11.3 Å². The number of fused-ring (bicyclic) bond motifs is 1. The maximum Gasteiger partial charge on any atom is 0.225 e. The molecule has 1 aliphatic rings. The summed E-state index contributed by atoms with van der Waals surface area (Å²) in [5.41, 5.74) is 3.90. The summed E-state index contributed by atoms with van der Waals surface area (Å²) in [6, 6.07) is 12.2. The van der Waals surface area contributed by atoms with Gasteiger partial charge < -0.3 is 10.2 Å². The minimum Gasteiger partial charge on any atom is -0.334 e. The first-order chi connectivity index (χ1) is 15.6. The third kappa shape index (κ3) is 4.23. The molecule has 1 amide bonds. The lowest BCUT2D eigenvalue weighted by atomic mass is 10.1. The number of carbonyl (C=O) groups excluding carboxylic acids is 1. The van der Waals surface area contributed by atoms with Crippen LogP contribution in [0.25, 0.3) is 10.9 Å². The summed E-state index contributed by atoms with van der Waals surface area (Å²) in [7, 11) is 0. The number of hydrogen-bond donors (Lipinski definition) is 1. The molecule has 0 bridgehead atoms. The Morgan fingerprint density at radius 2 is 2.09 bits per heavy atom. The third-order valence-corrected chi connectivity index (χ3v) is 6.68. The molecule has 4 aromatic rings. The maximum atomic E-state index is 13.2. The number of nitrogens with one attached hydrogen (secondary N) is 1. The fourth-order valence-electron chi connectivity index (χ4n) is 4.39. The van der Waals surface area contributed by atoms with Crippen LogP contribution in [0.15, 0.2) is 48.8 Å². The molecule has 1 fully saturated rings. The smallest absolute Gasteiger partial charge is 0.225 e. The number of benzene rings is 1. The van der Waals surface area contributed by atoms with Crippen molar-refractivity contribution in [2.45, 2.75) is 45.7 Å². The number of carbonyl (C=O) groups is 1. The highest BCUT2D eigenvalue weighted by molar-refractivity contribution is 7.15. The van der Waals surface area contributed by atoms with Gasteiger partial charge in [-0.05, 0) is 44.9 Å². The number of anilines is 2. The molecule has 5 rings (SSSR count). The van der Waals surface area contributed by atoms with Crippen LogP contribution in [0, 0.1) is 13.8 Å². The number of para-hydroxylation sites is 1. The fraction of sp³-hybridized carbons (Fsp3) is 0.333. The van der Waals surface area contributed by atoms with E-state index in [1.165, 1.54) is 0 Å². The van der Waals surface area contributed by atoms with Gasteiger partial charge in [-0.2, -0.15) is 5.10 Å². The summed E-state index contributed by atoms with van der Waals surface area (Å²) < 4.78 is 1.92. The first-order valence-corrected chi connectivity index (χ1v) is 11.8. The van der Waals surface area contributed by atoms with E-state index in [0.29, 0.717) is 13.0 Å². The number of nitrogens with zero attached hydrogens (tertiary/aromatic N) is 5. The largest absolute Gasteiger partial charge is 0.334 e. The molecule has 8 heteroatoms. The summed E-state index contributed by atoms with van der Waals surface area (Å²) in [6.07, 6.45) is 6.07. The first kappa shape index (κ1) is 20.6. The van der Waals surface area contributed by atoms with Gasteiger partial charge in [0.05, 0.1) is 30.0 Å². The monoisotopic (exact) mass is 446 g/mol. The SMILES string of the molecule is Cc1cc(Nc2ncc(C)s2)cc(C2CCCN2C(=O)CCn2ncc3ccccc32)n1. The van der Waals surface area contributed by atoms with E-state index in [4.69, 9.17) is 4.98 Å². The van der Waals surface area contributed by atoms with E-state index in [-0.39, 0.29) is 11.9 Å². The van der Waals surface area contributed by atoms with Gasteiger partial charge in [-0.3, -0.25) is 14.5 Å². The molecule has 4 heterocycles. The van der Waals surface area contributed by atoms with E-state index in [0.717, 1.165) is 57.4 Å². The summed E-state index contributed by atoms with van der Waals surface area (Å²) in [5, 5.41) is 9.80. The van der Waals surface area contributed by atoms with E-state index in [1.807, 2.05) is 66.2 Å². The van der Waals surface area contributed by atoms with Crippen molar-refractivity contribution >= 4 is 39.0 Å². The number of aromatic nitrogens is 4. The van der Waals surface area contributed by atoms with E-state index in [9.17, 15) is 4.79 Å². The Morgan fingerprint density at radius 1 is 1.22 bits per heavy atom. The van der Waals surface area contributed by atoms with Crippen LogP contribution in [-0.2, 0) is 11.3 Å². The molecule has 3 aromatic heterocycles. The van der Waals surface area contributed by atoms with Crippen molar-refractivity contribution < 1.29 is 4.79 Å². The van der Waals surface area contributed by atoms with E-state index in [2.05, 4.69) is 21.5 Å². The average molecular weight is 447 g/mol. The molecule has 0 spiro atoms. The van der Waals surface area contributed by atoms with Gasteiger partial charge in [-0.1, -0.05) is 18.2 Å². The van der Waals surface area contributed by atoms with Crippen molar-refractivity contribution in [3.63, 3.8) is 0 Å². The lowest BCUT2D eigenvalue weighted by molar-refractivity contribution is -0.132. The van der Waals surface area contributed by atoms with Gasteiger partial charge in [0, 0.05) is 40.8 Å². The van der Waals surface area contributed by atoms with Gasteiger partial charge in [0.15, 0.2) is 5.13 Å². The van der Waals surface area contributed by atoms with Crippen LogP contribution in [0.1, 0.15) is 41.6 Å². The molecule has 0 saturated carbocycles. The zero-order valence-electron chi connectivity index (χ0n) is 18.3. The Morgan fingerprint density at radius 3 is 2.94 bits per heavy atom. The van der Waals surface area contributed by atoms with Crippen LogP contribution in [0.5, 0.6) is 0 Å². The van der Waals surface area contributed by atoms with Crippen molar-refractivity contribution in [2.24, 2.45) is 0 Å². The van der Waals surface area contributed by atoms with E-state index < -0.39 is 0 Å². The number of pyridine rings is 1. The van der Waals surface area contributed by atoms with Crippen LogP contribution in [0.3, 0.4) is 0 Å². The minimum atomic E-state index is 0.00958. The molecule has 1 saturated heterocycles. The molecule has 0 aliphatic carbocycles. The normalized spacial score (nSPS) is 16.1. The Hall–Kier alpha value is -3.26. The van der Waals surface area contributed by atoms with Crippen molar-refractivity contribution in [1.29, 1.82) is 0 Å². The average Bonchev–Trinajstić information content (AvgIpc) is 3.51. The summed E-state index contributed by atoms with van der Waals surface area (Å²) in [4.78, 5) is 25.5. The molecule has 0 radical (unpaired) electrons. The van der Waals surface area contributed by atoms with Crippen molar-refractivity contribution in [2.75, 3.05) is 11.9 Å². The van der Waals surface area contributed by atoms with E-state index >= 15 is 0 Å². The first-order valence-electron chi connectivity index (χ1n) is 10.9. The number of amides is 1. The molecular weight excluding hydrogens is 420 g/mol. The maximum absolute atomic E-state index is 13.2. The van der Waals surface area contributed by atoms with Crippen LogP contribution < -0.4 is 5.32 Å². The zero-order chi connectivity index (χ0) is 22.1. The molecule has 1 aromatic carbocycles. The number of aryl methyl sites for hydroxylation is 3. The highest BCUT2D eigenvalue weighted by atomic mass is 32.1. The summed E-state index contributed by atoms with van der Waals surface area (Å²) >= 11 is 1.62.